The van der Waals surface area contributed by atoms with Gasteiger partial charge >= 0.3 is 5.97 Å². The van der Waals surface area contributed by atoms with Crippen LogP contribution in [0.15, 0.2) is 5.18 Å². The number of likely N-dealkylation sites (tertiary alicyclic amines) is 1. The molecule has 2 atom stereocenters. The molecule has 0 aromatic carbocycles. The lowest BCUT2D eigenvalue weighted by Gasteiger charge is -2.39. The molecule has 1 fully saturated rings. The highest BCUT2D eigenvalue weighted by Crippen LogP contribution is 2.32. The van der Waals surface area contributed by atoms with Gasteiger partial charge in [0, 0.05) is 13.0 Å². The monoisotopic (exact) mass is 275 g/mol. The van der Waals surface area contributed by atoms with Gasteiger partial charge in [-0.1, -0.05) is 12.1 Å². The van der Waals surface area contributed by atoms with Gasteiger partial charge in [-0.05, 0) is 13.0 Å². The van der Waals surface area contributed by atoms with Crippen molar-refractivity contribution in [2.75, 3.05) is 19.6 Å². The number of hydrogen-bond donors (Lipinski definition) is 3. The molecule has 2 unspecified atom stereocenters. The van der Waals surface area contributed by atoms with Crippen molar-refractivity contribution in [1.29, 1.82) is 0 Å². The molecule has 0 bridgehead atoms. The van der Waals surface area contributed by atoms with Crippen molar-refractivity contribution in [3.63, 3.8) is 0 Å². The third kappa shape index (κ3) is 3.20. The fourth-order valence-corrected chi connectivity index (χ4v) is 2.61. The highest BCUT2D eigenvalue weighted by Gasteiger charge is 2.46. The van der Waals surface area contributed by atoms with Gasteiger partial charge in [0.2, 0.25) is 0 Å². The molecule has 1 aliphatic rings. The first-order chi connectivity index (χ1) is 8.45. The number of nitrogens with one attached hydrogen (secondary N) is 1. The number of carbonyl (C=O) groups is 2. The second kappa shape index (κ2) is 6.14. The van der Waals surface area contributed by atoms with Gasteiger partial charge in [-0.25, -0.2) is 0 Å². The fourth-order valence-electron chi connectivity index (χ4n) is 2.03. The average Bonchev–Trinajstić information content (AvgIpc) is 2.35. The minimum atomic E-state index is -1.40. The second-order valence-corrected chi connectivity index (χ2v) is 4.86. The van der Waals surface area contributed by atoms with E-state index in [9.17, 15) is 14.5 Å². The minimum Gasteiger partial charge on any atom is -0.480 e. The lowest BCUT2D eigenvalue weighted by molar-refractivity contribution is -0.139. The Hall–Kier alpha value is -1.15. The van der Waals surface area contributed by atoms with E-state index >= 15 is 0 Å². The normalized spacial score (nSPS) is 28.7. The first-order valence-corrected chi connectivity index (χ1v) is 6.23. The molecule has 2 N–H and O–H groups in total. The predicted molar refractivity (Wildman–Crippen MR) is 68.4 cm³/mol. The van der Waals surface area contributed by atoms with Crippen molar-refractivity contribution >= 4 is 24.5 Å². The minimum absolute atomic E-state index is 0.193. The van der Waals surface area contributed by atoms with E-state index in [-0.39, 0.29) is 18.2 Å². The number of carbonyl (C=O) groups excluding carboxylic acids is 1. The Morgan fingerprint density at radius 3 is 2.72 bits per heavy atom. The smallest absolute Gasteiger partial charge is 0.322 e. The molecule has 18 heavy (non-hydrogen) atoms. The van der Waals surface area contributed by atoms with Crippen LogP contribution in [0.2, 0.25) is 0 Å². The van der Waals surface area contributed by atoms with Crippen LogP contribution in [0.1, 0.15) is 19.8 Å². The molecule has 0 aromatic heterocycles. The number of thiol groups is 1. The average molecular weight is 275 g/mol. The Morgan fingerprint density at radius 1 is 1.61 bits per heavy atom. The van der Waals surface area contributed by atoms with Crippen LogP contribution in [-0.2, 0) is 9.59 Å². The second-order valence-electron chi connectivity index (χ2n) is 4.26. The van der Waals surface area contributed by atoms with Crippen LogP contribution in [-0.4, -0.2) is 52.4 Å². The summed E-state index contributed by atoms with van der Waals surface area (Å²) in [5, 5.41) is 13.4. The number of aliphatic carboxylic acids is 1. The van der Waals surface area contributed by atoms with E-state index in [1.54, 1.807) is 0 Å². The van der Waals surface area contributed by atoms with Crippen molar-refractivity contribution in [3.05, 3.63) is 4.91 Å². The Labute approximate surface area is 110 Å². The molecule has 1 aliphatic heterocycles. The summed E-state index contributed by atoms with van der Waals surface area (Å²) in [4.78, 5) is 35.3. The lowest BCUT2D eigenvalue weighted by Crippen LogP contribution is -2.55. The largest absolute Gasteiger partial charge is 0.480 e. The molecule has 0 aliphatic carbocycles. The van der Waals surface area contributed by atoms with Gasteiger partial charge in [0.15, 0.2) is 5.54 Å². The molecule has 0 spiro atoms. The lowest BCUT2D eigenvalue weighted by atomic mass is 9.87. The molecule has 8 heteroatoms. The summed E-state index contributed by atoms with van der Waals surface area (Å²) in [6.07, 6.45) is 0.478. The van der Waals surface area contributed by atoms with Crippen LogP contribution in [0.5, 0.6) is 0 Å². The number of rotatable bonds is 5. The van der Waals surface area contributed by atoms with Crippen molar-refractivity contribution in [3.8, 4) is 0 Å². The van der Waals surface area contributed by atoms with E-state index in [1.807, 2.05) is 11.8 Å². The number of nitroso groups, excluding NO2 is 1. The molecule has 1 saturated heterocycles. The Balaban J connectivity index is 2.72. The van der Waals surface area contributed by atoms with Crippen LogP contribution in [0.4, 0.5) is 0 Å². The highest BCUT2D eigenvalue weighted by atomic mass is 32.1. The Morgan fingerprint density at radius 2 is 2.28 bits per heavy atom. The zero-order valence-corrected chi connectivity index (χ0v) is 11.0. The number of nitrogens with zero attached hydrogens (tertiary/aromatic N) is 2. The van der Waals surface area contributed by atoms with Gasteiger partial charge in [-0.2, -0.15) is 12.6 Å². The van der Waals surface area contributed by atoms with Crippen molar-refractivity contribution in [2.45, 2.75) is 30.7 Å². The van der Waals surface area contributed by atoms with Crippen LogP contribution in [0.3, 0.4) is 0 Å². The fraction of sp³-hybridized carbons (Fsp3) is 0.800. The Bertz CT molecular complexity index is 352. The summed E-state index contributed by atoms with van der Waals surface area (Å²) in [6.45, 7) is 2.77. The quantitative estimate of drug-likeness (QED) is 0.487. The number of piperidine rings is 1. The molecular formula is C10H17N3O4S. The zero-order valence-electron chi connectivity index (χ0n) is 10.1. The van der Waals surface area contributed by atoms with Crippen LogP contribution >= 0.6 is 12.6 Å². The maximum absolute atomic E-state index is 11.9. The van der Waals surface area contributed by atoms with Gasteiger partial charge in [-0.15, -0.1) is 4.91 Å². The first-order valence-electron chi connectivity index (χ1n) is 5.72. The molecular weight excluding hydrogens is 258 g/mol. The molecule has 102 valence electrons. The maximum atomic E-state index is 11.9. The topological polar surface area (TPSA) is 99.1 Å². The van der Waals surface area contributed by atoms with Crippen molar-refractivity contribution < 1.29 is 14.7 Å². The van der Waals surface area contributed by atoms with E-state index in [4.69, 9.17) is 5.11 Å². The number of carboxylic acids is 1. The summed E-state index contributed by atoms with van der Waals surface area (Å²) in [5.41, 5.74) is -1.40. The summed E-state index contributed by atoms with van der Waals surface area (Å²) in [7, 11) is 0. The van der Waals surface area contributed by atoms with E-state index < -0.39 is 24.0 Å². The standard InChI is InChI=1S/C10H17N3O4S/c1-2-13-4-3-10(12-17,5-7(13)18)9(16)11-6-8(14)15/h7,18H,2-6H2,1H3,(H,11,16)(H,14,15). The van der Waals surface area contributed by atoms with Crippen molar-refractivity contribution in [2.24, 2.45) is 5.18 Å². The third-order valence-electron chi connectivity index (χ3n) is 3.16. The van der Waals surface area contributed by atoms with Gasteiger partial charge in [-0.3, -0.25) is 14.5 Å². The van der Waals surface area contributed by atoms with Gasteiger partial charge in [0.05, 0.1) is 5.37 Å². The predicted octanol–water partition coefficient (Wildman–Crippen LogP) is 0.0640. The Kier molecular flexibility index (Phi) is 5.09. The van der Waals surface area contributed by atoms with E-state index in [0.717, 1.165) is 6.54 Å². The SMILES string of the molecule is CCN1CCC(N=O)(C(=O)NCC(=O)O)CC1S. The molecule has 1 heterocycles. The van der Waals surface area contributed by atoms with E-state index in [0.29, 0.717) is 6.54 Å². The summed E-state index contributed by atoms with van der Waals surface area (Å²) in [6, 6.07) is 0. The molecule has 1 rings (SSSR count). The van der Waals surface area contributed by atoms with Gasteiger partial charge < -0.3 is 10.4 Å². The molecule has 1 amide bonds. The van der Waals surface area contributed by atoms with Crippen LogP contribution < -0.4 is 5.32 Å². The van der Waals surface area contributed by atoms with Crippen LogP contribution in [0.25, 0.3) is 0 Å². The summed E-state index contributed by atoms with van der Waals surface area (Å²) < 4.78 is 0. The number of carboxylic acid groups (broad SMARTS) is 1. The highest BCUT2D eigenvalue weighted by molar-refractivity contribution is 7.80. The van der Waals surface area contributed by atoms with E-state index in [1.165, 1.54) is 0 Å². The number of amides is 1. The molecule has 0 saturated carbocycles. The zero-order chi connectivity index (χ0) is 13.8. The first kappa shape index (κ1) is 14.9. The van der Waals surface area contributed by atoms with Crippen LogP contribution in [0, 0.1) is 4.91 Å². The molecule has 7 nitrogen and oxygen atoms in total. The third-order valence-corrected chi connectivity index (χ3v) is 3.67. The summed E-state index contributed by atoms with van der Waals surface area (Å²) in [5.74, 6) is -1.78. The van der Waals surface area contributed by atoms with Crippen molar-refractivity contribution in [1.82, 2.24) is 10.2 Å². The molecule has 0 radical (unpaired) electrons. The van der Waals surface area contributed by atoms with Gasteiger partial charge in [0.25, 0.3) is 5.91 Å². The maximum Gasteiger partial charge on any atom is 0.322 e. The molecule has 0 aromatic rings. The van der Waals surface area contributed by atoms with E-state index in [2.05, 4.69) is 23.1 Å². The van der Waals surface area contributed by atoms with Gasteiger partial charge in [0.1, 0.15) is 6.54 Å². The summed E-state index contributed by atoms with van der Waals surface area (Å²) >= 11 is 4.34. The number of hydrogen-bond acceptors (Lipinski definition) is 6.